The van der Waals surface area contributed by atoms with E-state index in [0.29, 0.717) is 54.3 Å². The second-order valence-corrected chi connectivity index (χ2v) is 15.4. The average molecular weight is 840 g/mol. The number of alkyl halides is 6. The van der Waals surface area contributed by atoms with Crippen molar-refractivity contribution in [3.05, 3.63) is 99.7 Å². The third-order valence-corrected chi connectivity index (χ3v) is 11.1. The lowest BCUT2D eigenvalue weighted by molar-refractivity contribution is -0.140. The van der Waals surface area contributed by atoms with Crippen LogP contribution in [0.5, 0.6) is 5.75 Å². The number of aryl methyl sites for hydroxylation is 1. The molecule has 2 aliphatic rings. The lowest BCUT2D eigenvalue weighted by Crippen LogP contribution is -2.47. The number of likely N-dealkylation sites (tertiary alicyclic amines) is 1. The lowest BCUT2D eigenvalue weighted by atomic mass is 10.0. The number of anilines is 2. The van der Waals surface area contributed by atoms with Gasteiger partial charge in [0.15, 0.2) is 0 Å². The predicted octanol–water partition coefficient (Wildman–Crippen LogP) is 4.91. The Kier molecular flexibility index (Phi) is 12.6. The molecular weight excluding hydrogens is 801 g/mol. The molecule has 21 heteroatoms. The van der Waals surface area contributed by atoms with Gasteiger partial charge in [-0.15, -0.1) is 0 Å². The number of benzene rings is 2. The van der Waals surface area contributed by atoms with Crippen LogP contribution in [-0.4, -0.2) is 97.1 Å². The molecule has 58 heavy (non-hydrogen) atoms. The zero-order valence-electron chi connectivity index (χ0n) is 31.2. The molecule has 6 rings (SSSR count). The number of carbonyl (C=O) groups is 1. The van der Waals surface area contributed by atoms with Crippen LogP contribution < -0.4 is 20.5 Å². The third kappa shape index (κ3) is 10.0. The van der Waals surface area contributed by atoms with E-state index >= 15 is 0 Å². The second-order valence-electron chi connectivity index (χ2n) is 13.8. The fraction of sp³-hybridized carbons (Fsp3) is 0.432. The molecule has 4 heterocycles. The number of ether oxygens (including phenoxy) is 2. The van der Waals surface area contributed by atoms with E-state index in [2.05, 4.69) is 20.4 Å². The van der Waals surface area contributed by atoms with Gasteiger partial charge in [0, 0.05) is 44.5 Å². The Morgan fingerprint density at radius 3 is 2.12 bits per heavy atom. The molecule has 0 radical (unpaired) electrons. The molecule has 1 N–H and O–H groups in total. The molecular formula is C37H39F6N7O7S. The number of carbonyl (C=O) groups excluding carboxylic acids is 1. The summed E-state index contributed by atoms with van der Waals surface area (Å²) in [6.45, 7) is 1.20. The smallest absolute Gasteiger partial charge is 0.423 e. The maximum Gasteiger partial charge on any atom is 0.423 e. The highest BCUT2D eigenvalue weighted by molar-refractivity contribution is 7.86. The Balaban J connectivity index is 1.15. The van der Waals surface area contributed by atoms with E-state index in [1.807, 2.05) is 0 Å². The van der Waals surface area contributed by atoms with Crippen molar-refractivity contribution >= 4 is 27.7 Å². The van der Waals surface area contributed by atoms with Gasteiger partial charge in [-0.05, 0) is 49.6 Å². The minimum Gasteiger partial charge on any atom is -0.497 e. The van der Waals surface area contributed by atoms with Crippen LogP contribution in [0, 0.1) is 6.92 Å². The highest BCUT2D eigenvalue weighted by Gasteiger charge is 2.41. The average Bonchev–Trinajstić information content (AvgIpc) is 3.56. The van der Waals surface area contributed by atoms with E-state index in [1.54, 1.807) is 53.1 Å². The fourth-order valence-corrected chi connectivity index (χ4v) is 7.57. The predicted molar refractivity (Wildman–Crippen MR) is 196 cm³/mol. The number of methoxy groups -OCH3 is 1. The summed E-state index contributed by atoms with van der Waals surface area (Å²) in [5.41, 5.74) is -3.52. The number of piperidine rings is 1. The molecule has 312 valence electrons. The van der Waals surface area contributed by atoms with Gasteiger partial charge in [0.25, 0.3) is 21.6 Å². The molecule has 2 aromatic carbocycles. The molecule has 0 aliphatic carbocycles. The van der Waals surface area contributed by atoms with Gasteiger partial charge in [-0.3, -0.25) is 13.8 Å². The van der Waals surface area contributed by atoms with Crippen molar-refractivity contribution in [2.75, 3.05) is 50.2 Å². The van der Waals surface area contributed by atoms with E-state index in [-0.39, 0.29) is 36.4 Å². The van der Waals surface area contributed by atoms with Crippen LogP contribution in [-0.2, 0) is 42.7 Å². The summed E-state index contributed by atoms with van der Waals surface area (Å²) in [6.07, 6.45) is -7.42. The Morgan fingerprint density at radius 1 is 0.862 bits per heavy atom. The number of rotatable bonds is 14. The van der Waals surface area contributed by atoms with Crippen molar-refractivity contribution in [2.24, 2.45) is 0 Å². The van der Waals surface area contributed by atoms with Crippen LogP contribution in [0.1, 0.15) is 41.5 Å². The number of hydrogen-bond acceptors (Lipinski definition) is 12. The zero-order chi connectivity index (χ0) is 41.8. The topological polar surface area (TPSA) is 158 Å². The second kappa shape index (κ2) is 17.3. The molecule has 1 unspecified atom stereocenters. The number of amides is 1. The van der Waals surface area contributed by atoms with Crippen LogP contribution in [0.2, 0.25) is 0 Å². The molecule has 2 aliphatic heterocycles. The summed E-state index contributed by atoms with van der Waals surface area (Å²) in [5.74, 6) is 0.237. The maximum atomic E-state index is 14.5. The van der Waals surface area contributed by atoms with E-state index < -0.39 is 76.1 Å². The molecule has 2 fully saturated rings. The Labute approximate surface area is 328 Å². The Hall–Kier alpha value is -5.28. The number of nitrogens with zero attached hydrogens (tertiary/aromatic N) is 6. The highest BCUT2D eigenvalue weighted by atomic mass is 32.2. The summed E-state index contributed by atoms with van der Waals surface area (Å²) in [5, 5.41) is 6.50. The van der Waals surface area contributed by atoms with Gasteiger partial charge in [0.05, 0.1) is 55.3 Å². The van der Waals surface area contributed by atoms with Crippen molar-refractivity contribution < 1.29 is 53.2 Å². The summed E-state index contributed by atoms with van der Waals surface area (Å²) in [6, 6.07) is 10.4. The van der Waals surface area contributed by atoms with Gasteiger partial charge < -0.3 is 24.6 Å². The molecule has 4 aromatic rings. The van der Waals surface area contributed by atoms with Gasteiger partial charge in [0.1, 0.15) is 17.4 Å². The van der Waals surface area contributed by atoms with E-state index in [9.17, 15) is 44.3 Å². The summed E-state index contributed by atoms with van der Waals surface area (Å²) < 4.78 is 126. The molecule has 0 spiro atoms. The number of aromatic nitrogens is 4. The molecule has 14 nitrogen and oxygen atoms in total. The lowest BCUT2D eigenvalue weighted by Gasteiger charge is -2.36. The van der Waals surface area contributed by atoms with E-state index in [0.717, 1.165) is 11.8 Å². The Bertz CT molecular complexity index is 2220. The van der Waals surface area contributed by atoms with Crippen molar-refractivity contribution in [3.8, 4) is 5.75 Å². The van der Waals surface area contributed by atoms with Crippen molar-refractivity contribution in [3.63, 3.8) is 0 Å². The molecule has 2 atom stereocenters. The van der Waals surface area contributed by atoms with Gasteiger partial charge in [0.2, 0.25) is 5.95 Å². The first kappa shape index (κ1) is 42.3. The molecule has 1 amide bonds. The fourth-order valence-electron chi connectivity index (χ4n) is 6.62. The van der Waals surface area contributed by atoms with E-state index in [1.165, 1.54) is 19.2 Å². The van der Waals surface area contributed by atoms with Crippen LogP contribution in [0.15, 0.2) is 76.8 Å². The molecule has 0 saturated carbocycles. The first-order valence-corrected chi connectivity index (χ1v) is 19.4. The standard InChI is InChI=1S/C37H39F6N7O7S/c1-23-3-9-29(10-4-23)58(53,54)57-22-26(47-30-19-46-50(34(52)32(30)37(41,42)43)20-24-5-7-28(55-2)8-6-24)21-56-31-13-16-49(33(31)51)27-11-14-48(15-12-27)35-44-17-25(18-45-35)36(38,39)40/h3-10,17-19,26-27,31,47H,11-16,20-22H2,1-2H3/t26?,31-/m1/s1. The van der Waals surface area contributed by atoms with Crippen molar-refractivity contribution in [1.29, 1.82) is 0 Å². The first-order valence-electron chi connectivity index (χ1n) is 18.0. The Morgan fingerprint density at radius 2 is 1.52 bits per heavy atom. The van der Waals surface area contributed by atoms with Crippen molar-refractivity contribution in [1.82, 2.24) is 24.6 Å². The normalized spacial score (nSPS) is 17.4. The maximum absolute atomic E-state index is 14.5. The van der Waals surface area contributed by atoms with Gasteiger partial charge in [-0.25, -0.2) is 14.6 Å². The summed E-state index contributed by atoms with van der Waals surface area (Å²) in [4.78, 5) is 37.6. The van der Waals surface area contributed by atoms with Gasteiger partial charge in [-0.1, -0.05) is 29.8 Å². The minimum atomic E-state index is -5.17. The number of halogens is 6. The molecule has 0 bridgehead atoms. The summed E-state index contributed by atoms with van der Waals surface area (Å²) >= 11 is 0. The van der Waals surface area contributed by atoms with Crippen LogP contribution >= 0.6 is 0 Å². The number of hydrogen-bond donors (Lipinski definition) is 1. The minimum absolute atomic E-state index is 0.129. The monoisotopic (exact) mass is 839 g/mol. The zero-order valence-corrected chi connectivity index (χ0v) is 32.0. The van der Waals surface area contributed by atoms with Crippen LogP contribution in [0.4, 0.5) is 38.0 Å². The number of nitrogens with one attached hydrogen (secondary N) is 1. The third-order valence-electron chi connectivity index (χ3n) is 9.76. The van der Waals surface area contributed by atoms with Crippen molar-refractivity contribution in [2.45, 2.75) is 68.2 Å². The van der Waals surface area contributed by atoms with Gasteiger partial charge >= 0.3 is 12.4 Å². The van der Waals surface area contributed by atoms with Gasteiger partial charge in [-0.2, -0.15) is 39.9 Å². The SMILES string of the molecule is COc1ccc(Cn2ncc(NC(CO[C@@H]3CCN(C4CCN(c5ncc(C(F)(F)F)cn5)CC4)C3=O)COS(=O)(=O)c3ccc(C)cc3)c(C(F)(F)F)c2=O)cc1. The quantitative estimate of drug-likeness (QED) is 0.135. The first-order chi connectivity index (χ1) is 27.4. The largest absolute Gasteiger partial charge is 0.497 e. The molecule has 2 saturated heterocycles. The van der Waals surface area contributed by atoms with Crippen LogP contribution in [0.3, 0.4) is 0 Å². The highest BCUT2D eigenvalue weighted by Crippen LogP contribution is 2.33. The van der Waals surface area contributed by atoms with E-state index in [4.69, 9.17) is 13.7 Å². The summed E-state index contributed by atoms with van der Waals surface area (Å²) in [7, 11) is -2.96. The molecule has 2 aromatic heterocycles. The van der Waals surface area contributed by atoms with Crippen LogP contribution in [0.25, 0.3) is 0 Å².